The van der Waals surface area contributed by atoms with Gasteiger partial charge in [0.25, 0.3) is 0 Å². The highest BCUT2D eigenvalue weighted by Crippen LogP contribution is 2.40. The van der Waals surface area contributed by atoms with Gasteiger partial charge in [-0.2, -0.15) is 13.2 Å². The molecule has 0 radical (unpaired) electrons. The Kier molecular flexibility index (Phi) is 2.32. The summed E-state index contributed by atoms with van der Waals surface area (Å²) in [7, 11) is 0. The molecule has 1 aliphatic rings. The van der Waals surface area contributed by atoms with Gasteiger partial charge in [0.1, 0.15) is 11.6 Å². The first-order valence-electron chi connectivity index (χ1n) is 4.45. The highest BCUT2D eigenvalue weighted by Gasteiger charge is 2.36. The second kappa shape index (κ2) is 3.40. The molecule has 1 aromatic rings. The first-order chi connectivity index (χ1) is 6.96. The van der Waals surface area contributed by atoms with E-state index in [4.69, 9.17) is 4.74 Å². The lowest BCUT2D eigenvalue weighted by Crippen LogP contribution is -2.14. The number of ether oxygens (including phenoxy) is 1. The highest BCUT2D eigenvalue weighted by molar-refractivity contribution is 5.40. The molecule has 5 heteroatoms. The molecule has 0 bridgehead atoms. The summed E-state index contributed by atoms with van der Waals surface area (Å²) in [5, 5.41) is 0. The monoisotopic (exact) mass is 220 g/mol. The molecule has 1 nitrogen and oxygen atoms in total. The molecular formula is C10H8F4O. The molecule has 1 aromatic carbocycles. The largest absolute Gasteiger partial charge is 0.493 e. The van der Waals surface area contributed by atoms with Crippen molar-refractivity contribution in [3.63, 3.8) is 0 Å². The number of hydrogen-bond donors (Lipinski definition) is 0. The predicted octanol–water partition coefficient (Wildman–Crippen LogP) is 3.25. The number of hydrogen-bond acceptors (Lipinski definition) is 1. The van der Waals surface area contributed by atoms with E-state index in [9.17, 15) is 17.6 Å². The second-order valence-corrected chi connectivity index (χ2v) is 3.51. The van der Waals surface area contributed by atoms with Gasteiger partial charge in [0.05, 0.1) is 13.0 Å². The van der Waals surface area contributed by atoms with Crippen LogP contribution < -0.4 is 4.74 Å². The van der Waals surface area contributed by atoms with E-state index in [0.717, 1.165) is 6.07 Å². The van der Waals surface area contributed by atoms with Crippen molar-refractivity contribution in [1.29, 1.82) is 0 Å². The van der Waals surface area contributed by atoms with Crippen LogP contribution >= 0.6 is 0 Å². The van der Waals surface area contributed by atoms with Gasteiger partial charge in [-0.05, 0) is 18.2 Å². The van der Waals surface area contributed by atoms with Crippen LogP contribution in [0.3, 0.4) is 0 Å². The Balaban J connectivity index is 2.24. The number of alkyl halides is 3. The number of halogens is 4. The smallest absolute Gasteiger partial charge is 0.389 e. The van der Waals surface area contributed by atoms with Gasteiger partial charge in [-0.1, -0.05) is 0 Å². The van der Waals surface area contributed by atoms with Crippen molar-refractivity contribution in [2.24, 2.45) is 0 Å². The van der Waals surface area contributed by atoms with Crippen molar-refractivity contribution in [2.45, 2.75) is 18.5 Å². The number of benzene rings is 1. The first kappa shape index (κ1) is 10.3. The normalized spacial score (nSPS) is 19.9. The summed E-state index contributed by atoms with van der Waals surface area (Å²) in [4.78, 5) is 0. The van der Waals surface area contributed by atoms with Crippen LogP contribution in [0.4, 0.5) is 17.6 Å². The third-order valence-electron chi connectivity index (χ3n) is 2.33. The van der Waals surface area contributed by atoms with Gasteiger partial charge >= 0.3 is 6.18 Å². The minimum atomic E-state index is -4.25. The summed E-state index contributed by atoms with van der Waals surface area (Å²) in [5.74, 6) is -0.965. The third kappa shape index (κ3) is 2.22. The van der Waals surface area contributed by atoms with E-state index in [-0.39, 0.29) is 6.61 Å². The zero-order valence-electron chi connectivity index (χ0n) is 7.64. The minimum absolute atomic E-state index is 0.0295. The molecule has 0 saturated heterocycles. The van der Waals surface area contributed by atoms with E-state index in [1.165, 1.54) is 12.1 Å². The van der Waals surface area contributed by atoms with Crippen molar-refractivity contribution in [2.75, 3.05) is 6.61 Å². The quantitative estimate of drug-likeness (QED) is 0.660. The average molecular weight is 220 g/mol. The maximum Gasteiger partial charge on any atom is 0.389 e. The molecule has 1 unspecified atom stereocenters. The lowest BCUT2D eigenvalue weighted by Gasteiger charge is -2.11. The Morgan fingerprint density at radius 3 is 2.73 bits per heavy atom. The Labute approximate surface area is 83.7 Å². The Morgan fingerprint density at radius 1 is 1.33 bits per heavy atom. The van der Waals surface area contributed by atoms with Crippen molar-refractivity contribution < 1.29 is 22.3 Å². The fourth-order valence-corrected chi connectivity index (χ4v) is 1.70. The topological polar surface area (TPSA) is 9.23 Å². The molecular weight excluding hydrogens is 212 g/mol. The molecule has 15 heavy (non-hydrogen) atoms. The zero-order valence-corrected chi connectivity index (χ0v) is 7.64. The molecule has 0 amide bonds. The molecule has 0 aliphatic carbocycles. The fraction of sp³-hybridized carbons (Fsp3) is 0.400. The Morgan fingerprint density at radius 2 is 2.07 bits per heavy atom. The molecule has 82 valence electrons. The Bertz CT molecular complexity index is 372. The molecule has 1 aliphatic heterocycles. The van der Waals surface area contributed by atoms with E-state index < -0.39 is 24.3 Å². The second-order valence-electron chi connectivity index (χ2n) is 3.51. The van der Waals surface area contributed by atoms with Crippen LogP contribution in [0, 0.1) is 5.82 Å². The summed E-state index contributed by atoms with van der Waals surface area (Å²) in [6, 6.07) is 3.65. The van der Waals surface area contributed by atoms with Crippen LogP contribution in [-0.2, 0) is 0 Å². The van der Waals surface area contributed by atoms with Gasteiger partial charge in [0, 0.05) is 11.5 Å². The molecule has 2 rings (SSSR count). The molecule has 0 spiro atoms. The molecule has 0 N–H and O–H groups in total. The highest BCUT2D eigenvalue weighted by atomic mass is 19.4. The van der Waals surface area contributed by atoms with E-state index in [0.29, 0.717) is 11.3 Å². The van der Waals surface area contributed by atoms with Crippen LogP contribution in [-0.4, -0.2) is 12.8 Å². The van der Waals surface area contributed by atoms with E-state index in [1.54, 1.807) is 0 Å². The van der Waals surface area contributed by atoms with E-state index in [2.05, 4.69) is 0 Å². The van der Waals surface area contributed by atoms with Crippen molar-refractivity contribution >= 4 is 0 Å². The summed E-state index contributed by atoms with van der Waals surface area (Å²) in [5.41, 5.74) is 0.312. The average Bonchev–Trinajstić information content (AvgIpc) is 2.46. The summed E-state index contributed by atoms with van der Waals surface area (Å²) >= 11 is 0. The zero-order chi connectivity index (χ0) is 11.1. The fourth-order valence-electron chi connectivity index (χ4n) is 1.70. The van der Waals surface area contributed by atoms with Gasteiger partial charge in [0.2, 0.25) is 0 Å². The molecule has 0 aromatic heterocycles. The van der Waals surface area contributed by atoms with Crippen molar-refractivity contribution in [1.82, 2.24) is 0 Å². The number of fused-ring (bicyclic) bond motifs is 1. The standard InChI is InChI=1S/C10H8F4O/c11-7-1-2-9-8(3-7)6(5-15-9)4-10(12,13)14/h1-3,6H,4-5H2. The summed E-state index contributed by atoms with van der Waals surface area (Å²) in [6.07, 6.45) is -5.22. The third-order valence-corrected chi connectivity index (χ3v) is 2.33. The van der Waals surface area contributed by atoms with Gasteiger partial charge in [-0.15, -0.1) is 0 Å². The van der Waals surface area contributed by atoms with Crippen LogP contribution in [0.5, 0.6) is 5.75 Å². The van der Waals surface area contributed by atoms with Crippen LogP contribution in [0.25, 0.3) is 0 Å². The molecule has 1 atom stereocenters. The van der Waals surface area contributed by atoms with E-state index in [1.807, 2.05) is 0 Å². The molecule has 0 saturated carbocycles. The van der Waals surface area contributed by atoms with Crippen molar-refractivity contribution in [3.8, 4) is 5.75 Å². The van der Waals surface area contributed by atoms with Gasteiger partial charge in [-0.25, -0.2) is 4.39 Å². The maximum atomic E-state index is 12.8. The van der Waals surface area contributed by atoms with Crippen LogP contribution in [0.15, 0.2) is 18.2 Å². The summed E-state index contributed by atoms with van der Waals surface area (Å²) in [6.45, 7) is -0.0295. The Hall–Kier alpha value is -1.26. The number of rotatable bonds is 1. The van der Waals surface area contributed by atoms with Gasteiger partial charge < -0.3 is 4.74 Å². The SMILES string of the molecule is Fc1ccc2c(c1)C(CC(F)(F)F)CO2. The molecule has 1 heterocycles. The maximum absolute atomic E-state index is 12.8. The van der Waals surface area contributed by atoms with Crippen molar-refractivity contribution in [3.05, 3.63) is 29.6 Å². The van der Waals surface area contributed by atoms with Gasteiger partial charge in [0.15, 0.2) is 0 Å². The lowest BCUT2D eigenvalue weighted by atomic mass is 9.98. The lowest BCUT2D eigenvalue weighted by molar-refractivity contribution is -0.139. The van der Waals surface area contributed by atoms with E-state index >= 15 is 0 Å². The minimum Gasteiger partial charge on any atom is -0.493 e. The van der Waals surface area contributed by atoms with Crippen LogP contribution in [0.2, 0.25) is 0 Å². The predicted molar refractivity (Wildman–Crippen MR) is 45.3 cm³/mol. The van der Waals surface area contributed by atoms with Crippen LogP contribution in [0.1, 0.15) is 17.9 Å². The summed E-state index contributed by atoms with van der Waals surface area (Å²) < 4.78 is 54.3. The van der Waals surface area contributed by atoms with Gasteiger partial charge in [-0.3, -0.25) is 0 Å². The first-order valence-corrected chi connectivity index (χ1v) is 4.45. The molecule has 0 fully saturated rings.